The van der Waals surface area contributed by atoms with Crippen molar-refractivity contribution in [1.29, 1.82) is 0 Å². The third kappa shape index (κ3) is 6.39. The zero-order valence-electron chi connectivity index (χ0n) is 17.1. The van der Waals surface area contributed by atoms with E-state index in [1.807, 2.05) is 0 Å². The summed E-state index contributed by atoms with van der Waals surface area (Å²) >= 11 is 0. The Bertz CT molecular complexity index is 917. The molecule has 0 aliphatic carbocycles. The van der Waals surface area contributed by atoms with E-state index in [1.165, 1.54) is 0 Å². The summed E-state index contributed by atoms with van der Waals surface area (Å²) in [5.41, 5.74) is 4.53. The highest BCUT2D eigenvalue weighted by Crippen LogP contribution is 2.64. The van der Waals surface area contributed by atoms with E-state index in [9.17, 15) is 84.0 Å². The summed E-state index contributed by atoms with van der Waals surface area (Å²) in [7, 11) is -7.09. The van der Waals surface area contributed by atoms with E-state index >= 15 is 0 Å². The van der Waals surface area contributed by atoms with Gasteiger partial charge in [-0.15, -0.1) is 0 Å². The van der Waals surface area contributed by atoms with Gasteiger partial charge in [0.05, 0.1) is 6.42 Å². The maximum Gasteiger partial charge on any atom is 0.474 e. The number of rotatable bonds is 13. The van der Waals surface area contributed by atoms with Crippen molar-refractivity contribution in [2.45, 2.75) is 66.7 Å². The molecule has 25 heteroatoms. The van der Waals surface area contributed by atoms with Gasteiger partial charge in [0.1, 0.15) is 6.04 Å². The monoisotopic (exact) mass is 631 g/mol. The lowest BCUT2D eigenvalue weighted by molar-refractivity contribution is -0.461. The SMILES string of the molecule is NC(CC(CC(F)(F)F)C(F)(F)C(F)(F)C(F)(F)C(F)(F)C(F)(F)C(F)(F)C(F)(F)OP(=O)(O)O)C(=O)O. The van der Waals surface area contributed by atoms with Crippen molar-refractivity contribution < 1.29 is 103 Å². The van der Waals surface area contributed by atoms with E-state index < -0.39 is 86.4 Å². The van der Waals surface area contributed by atoms with Gasteiger partial charge in [-0.25, -0.2) is 9.09 Å². The standard InChI is InChI=1S/C13H11F17NO6P/c14-6(15,16)2-3(1-4(31)5(32)33)7(17,18)8(19,20)9(21,22)10(23,24)11(25,26)12(27,28)13(29,30)37-38(34,35)36/h3-4H,1-2,31H2,(H,32,33)(H2,34,35,36). The average molecular weight is 631 g/mol. The van der Waals surface area contributed by atoms with E-state index in [-0.39, 0.29) is 0 Å². The smallest absolute Gasteiger partial charge is 0.474 e. The number of phosphoric ester groups is 1. The zero-order chi connectivity index (χ0) is 31.4. The average Bonchev–Trinajstić information content (AvgIpc) is 2.63. The van der Waals surface area contributed by atoms with Crippen LogP contribution >= 0.6 is 7.82 Å². The summed E-state index contributed by atoms with van der Waals surface area (Å²) in [6.45, 7) is 0. The molecule has 0 rings (SSSR count). The van der Waals surface area contributed by atoms with Crippen molar-refractivity contribution >= 4 is 13.8 Å². The number of hydrogen-bond acceptors (Lipinski definition) is 4. The van der Waals surface area contributed by atoms with Crippen LogP contribution in [0.5, 0.6) is 0 Å². The quantitative estimate of drug-likeness (QED) is 0.169. The Morgan fingerprint density at radius 1 is 0.711 bits per heavy atom. The third-order valence-electron chi connectivity index (χ3n) is 4.44. The summed E-state index contributed by atoms with van der Waals surface area (Å²) < 4.78 is 241. The number of alkyl halides is 17. The highest BCUT2D eigenvalue weighted by atomic mass is 31.2. The Balaban J connectivity index is 6.97. The molecule has 0 bridgehead atoms. The molecule has 2 unspecified atom stereocenters. The lowest BCUT2D eigenvalue weighted by Crippen LogP contribution is -2.73. The van der Waals surface area contributed by atoms with E-state index in [0.717, 1.165) is 0 Å². The van der Waals surface area contributed by atoms with Crippen LogP contribution in [0.3, 0.4) is 0 Å². The van der Waals surface area contributed by atoms with Gasteiger partial charge in [-0.05, 0) is 6.42 Å². The van der Waals surface area contributed by atoms with Gasteiger partial charge >= 0.3 is 61.6 Å². The summed E-state index contributed by atoms with van der Waals surface area (Å²) in [5, 5.41) is 8.41. The van der Waals surface area contributed by atoms with Gasteiger partial charge < -0.3 is 20.6 Å². The molecule has 0 aromatic carbocycles. The van der Waals surface area contributed by atoms with Crippen molar-refractivity contribution in [3.8, 4) is 0 Å². The van der Waals surface area contributed by atoms with E-state index in [1.54, 1.807) is 4.52 Å². The molecule has 0 aromatic heterocycles. The minimum absolute atomic E-state index is 1.79. The molecule has 0 aliphatic heterocycles. The number of halogens is 17. The van der Waals surface area contributed by atoms with E-state index in [2.05, 4.69) is 5.73 Å². The van der Waals surface area contributed by atoms with E-state index in [0.29, 0.717) is 0 Å². The van der Waals surface area contributed by atoms with Crippen LogP contribution in [0.1, 0.15) is 12.8 Å². The molecule has 0 fully saturated rings. The molecule has 0 aromatic rings. The second-order valence-electron chi connectivity index (χ2n) is 7.29. The molecule has 0 aliphatic rings. The summed E-state index contributed by atoms with van der Waals surface area (Å²) in [5.74, 6) is -57.3. The number of aliphatic carboxylic acids is 1. The highest BCUT2D eigenvalue weighted by Gasteiger charge is 2.94. The predicted octanol–water partition coefficient (Wildman–Crippen LogP) is 4.87. The molecule has 0 amide bonds. The van der Waals surface area contributed by atoms with Crippen molar-refractivity contribution in [2.75, 3.05) is 0 Å². The van der Waals surface area contributed by atoms with Gasteiger partial charge in [0.25, 0.3) is 0 Å². The van der Waals surface area contributed by atoms with Crippen molar-refractivity contribution in [2.24, 2.45) is 11.7 Å². The predicted molar refractivity (Wildman–Crippen MR) is 82.1 cm³/mol. The zero-order valence-corrected chi connectivity index (χ0v) is 18.0. The topological polar surface area (TPSA) is 130 Å². The first-order valence-electron chi connectivity index (χ1n) is 8.60. The van der Waals surface area contributed by atoms with Crippen molar-refractivity contribution in [3.05, 3.63) is 0 Å². The second kappa shape index (κ2) is 10.1. The van der Waals surface area contributed by atoms with Crippen LogP contribution in [0.15, 0.2) is 0 Å². The molecule has 0 saturated heterocycles. The largest absolute Gasteiger partial charge is 0.480 e. The molecule has 0 spiro atoms. The van der Waals surface area contributed by atoms with Crippen LogP contribution in [-0.4, -0.2) is 74.7 Å². The van der Waals surface area contributed by atoms with Crippen LogP contribution in [0.2, 0.25) is 0 Å². The van der Waals surface area contributed by atoms with E-state index in [4.69, 9.17) is 14.9 Å². The fourth-order valence-electron chi connectivity index (χ4n) is 2.49. The van der Waals surface area contributed by atoms with Crippen molar-refractivity contribution in [1.82, 2.24) is 0 Å². The number of carboxylic acid groups (broad SMARTS) is 1. The van der Waals surface area contributed by atoms with Gasteiger partial charge in [-0.1, -0.05) is 0 Å². The minimum atomic E-state index is -8.80. The Labute approximate surface area is 196 Å². The Hall–Kier alpha value is -1.65. The molecule has 0 heterocycles. The lowest BCUT2D eigenvalue weighted by Gasteiger charge is -2.43. The number of carbonyl (C=O) groups is 1. The Morgan fingerprint density at radius 2 is 1.05 bits per heavy atom. The number of hydrogen-bond donors (Lipinski definition) is 4. The summed E-state index contributed by atoms with van der Waals surface area (Å²) in [4.78, 5) is 26.5. The molecule has 228 valence electrons. The van der Waals surface area contributed by atoms with Crippen molar-refractivity contribution in [3.63, 3.8) is 0 Å². The van der Waals surface area contributed by atoms with Crippen LogP contribution in [0.4, 0.5) is 74.6 Å². The summed E-state index contributed by atoms with van der Waals surface area (Å²) in [6, 6.07) is -3.05. The summed E-state index contributed by atoms with van der Waals surface area (Å²) in [6.07, 6.45) is -19.8. The van der Waals surface area contributed by atoms with Gasteiger partial charge in [0.2, 0.25) is 0 Å². The molecule has 7 nitrogen and oxygen atoms in total. The normalized spacial score (nSPS) is 17.4. The Kier molecular flexibility index (Phi) is 9.64. The number of carboxylic acids is 1. The molecule has 38 heavy (non-hydrogen) atoms. The molecule has 5 N–H and O–H groups in total. The maximum atomic E-state index is 14.2. The minimum Gasteiger partial charge on any atom is -0.480 e. The first-order chi connectivity index (χ1) is 16.1. The van der Waals surface area contributed by atoms with Crippen LogP contribution in [0.25, 0.3) is 0 Å². The first-order valence-corrected chi connectivity index (χ1v) is 10.1. The van der Waals surface area contributed by atoms with Crippen LogP contribution in [0, 0.1) is 5.92 Å². The molecule has 0 saturated carbocycles. The van der Waals surface area contributed by atoms with Gasteiger partial charge in [0.15, 0.2) is 0 Å². The fourth-order valence-corrected chi connectivity index (χ4v) is 2.91. The third-order valence-corrected chi connectivity index (χ3v) is 4.91. The molecule has 0 radical (unpaired) electrons. The number of nitrogens with two attached hydrogens (primary N) is 1. The molecular weight excluding hydrogens is 620 g/mol. The van der Waals surface area contributed by atoms with Crippen LogP contribution in [-0.2, 0) is 13.9 Å². The maximum absolute atomic E-state index is 14.2. The number of phosphoric acid groups is 1. The fraction of sp³-hybridized carbons (Fsp3) is 0.923. The molecular formula is C13H11F17NO6P. The lowest BCUT2D eigenvalue weighted by atomic mass is 9.82. The molecule has 2 atom stereocenters. The second-order valence-corrected chi connectivity index (χ2v) is 8.45. The Morgan fingerprint density at radius 3 is 1.37 bits per heavy atom. The van der Waals surface area contributed by atoms with Gasteiger partial charge in [0, 0.05) is 5.92 Å². The highest BCUT2D eigenvalue weighted by molar-refractivity contribution is 7.46. The van der Waals surface area contributed by atoms with Gasteiger partial charge in [-0.2, -0.15) is 74.6 Å². The van der Waals surface area contributed by atoms with Gasteiger partial charge in [-0.3, -0.25) is 4.79 Å². The first kappa shape index (κ1) is 36.4. The van der Waals surface area contributed by atoms with Crippen LogP contribution < -0.4 is 5.73 Å².